The lowest BCUT2D eigenvalue weighted by Gasteiger charge is -2.32. The molecule has 0 radical (unpaired) electrons. The fraction of sp³-hybridized carbons (Fsp3) is 0.750. The van der Waals surface area contributed by atoms with Crippen molar-refractivity contribution in [2.24, 2.45) is 17.8 Å². The molecule has 1 aromatic rings. The molecular weight excluding hydrogens is 336 g/mol. The molecule has 4 unspecified atom stereocenters. The van der Waals surface area contributed by atoms with Crippen LogP contribution >= 0.6 is 12.4 Å². The van der Waals surface area contributed by atoms with E-state index in [1.165, 1.54) is 12.8 Å². The van der Waals surface area contributed by atoms with Crippen LogP contribution in [0.25, 0.3) is 0 Å². The second-order valence-corrected chi connectivity index (χ2v) is 8.17. The summed E-state index contributed by atoms with van der Waals surface area (Å²) in [5.74, 6) is 5.24. The summed E-state index contributed by atoms with van der Waals surface area (Å²) in [6.07, 6.45) is 5.79. The molecule has 1 N–H and O–H groups in total. The molecule has 1 amide bonds. The Hall–Kier alpha value is -1.00. The maximum Gasteiger partial charge on any atom is 0.226 e. The topological polar surface area (TPSA) is 45.5 Å². The summed E-state index contributed by atoms with van der Waals surface area (Å²) in [6, 6.07) is 4.25. The van der Waals surface area contributed by atoms with Crippen molar-refractivity contribution in [3.8, 4) is 0 Å². The van der Waals surface area contributed by atoms with Crippen LogP contribution in [0.15, 0.2) is 16.5 Å². The monoisotopic (exact) mass is 366 g/mol. The average Bonchev–Trinajstić information content (AvgIpc) is 3.50. The molecule has 5 heteroatoms. The highest BCUT2D eigenvalue weighted by atomic mass is 35.5. The number of nitrogens with zero attached hydrogens (tertiary/aromatic N) is 1. The van der Waals surface area contributed by atoms with E-state index in [1.54, 1.807) is 0 Å². The summed E-state index contributed by atoms with van der Waals surface area (Å²) in [6.45, 7) is 5.25. The van der Waals surface area contributed by atoms with Crippen molar-refractivity contribution in [3.63, 3.8) is 0 Å². The van der Waals surface area contributed by atoms with E-state index in [-0.39, 0.29) is 18.3 Å². The van der Waals surface area contributed by atoms with Crippen molar-refractivity contribution in [2.75, 3.05) is 26.7 Å². The van der Waals surface area contributed by atoms with E-state index in [0.717, 1.165) is 62.3 Å². The Morgan fingerprint density at radius 2 is 1.84 bits per heavy atom. The highest BCUT2D eigenvalue weighted by Crippen LogP contribution is 2.52. The number of likely N-dealkylation sites (tertiary alicyclic amines) is 1. The third kappa shape index (κ3) is 4.06. The van der Waals surface area contributed by atoms with Crippen molar-refractivity contribution < 1.29 is 9.21 Å². The molecule has 4 rings (SSSR count). The van der Waals surface area contributed by atoms with Gasteiger partial charge in [0.1, 0.15) is 11.5 Å². The van der Waals surface area contributed by atoms with Gasteiger partial charge in [0.05, 0.1) is 0 Å². The van der Waals surface area contributed by atoms with Crippen LogP contribution in [0.3, 0.4) is 0 Å². The summed E-state index contributed by atoms with van der Waals surface area (Å²) >= 11 is 0. The number of hydrogen-bond donors (Lipinski definition) is 1. The Morgan fingerprint density at radius 3 is 2.44 bits per heavy atom. The van der Waals surface area contributed by atoms with Crippen LogP contribution in [0.4, 0.5) is 0 Å². The van der Waals surface area contributed by atoms with Gasteiger partial charge in [0.2, 0.25) is 5.91 Å². The minimum absolute atomic E-state index is 0. The second-order valence-electron chi connectivity index (χ2n) is 8.17. The molecule has 2 heterocycles. The predicted molar refractivity (Wildman–Crippen MR) is 101 cm³/mol. The van der Waals surface area contributed by atoms with E-state index >= 15 is 0 Å². The molecule has 1 aliphatic heterocycles. The summed E-state index contributed by atoms with van der Waals surface area (Å²) in [4.78, 5) is 14.8. The number of furan rings is 1. The summed E-state index contributed by atoms with van der Waals surface area (Å²) in [7, 11) is 2.01. The third-order valence-corrected chi connectivity index (χ3v) is 6.32. The van der Waals surface area contributed by atoms with Gasteiger partial charge in [0, 0.05) is 30.8 Å². The molecule has 140 valence electrons. The zero-order chi connectivity index (χ0) is 16.7. The smallest absolute Gasteiger partial charge is 0.226 e. The molecule has 1 saturated heterocycles. The largest absolute Gasteiger partial charge is 0.465 e. The molecule has 0 spiro atoms. The van der Waals surface area contributed by atoms with E-state index in [0.29, 0.717) is 17.7 Å². The highest BCUT2D eigenvalue weighted by Gasteiger charge is 2.48. The lowest BCUT2D eigenvalue weighted by molar-refractivity contribution is -0.134. The molecule has 3 fully saturated rings. The molecule has 1 aromatic heterocycles. The van der Waals surface area contributed by atoms with Crippen LogP contribution in [0.1, 0.15) is 62.4 Å². The van der Waals surface area contributed by atoms with E-state index in [1.807, 2.05) is 7.05 Å². The average molecular weight is 367 g/mol. The van der Waals surface area contributed by atoms with Crippen molar-refractivity contribution in [2.45, 2.75) is 50.9 Å². The number of piperidine rings is 1. The van der Waals surface area contributed by atoms with Crippen LogP contribution in [0, 0.1) is 17.8 Å². The zero-order valence-electron chi connectivity index (χ0n) is 15.4. The lowest BCUT2D eigenvalue weighted by atomic mass is 9.93. The van der Waals surface area contributed by atoms with Crippen LogP contribution < -0.4 is 5.32 Å². The molecule has 4 nitrogen and oxygen atoms in total. The van der Waals surface area contributed by atoms with Crippen molar-refractivity contribution in [3.05, 3.63) is 23.7 Å². The van der Waals surface area contributed by atoms with E-state index in [4.69, 9.17) is 4.42 Å². The summed E-state index contributed by atoms with van der Waals surface area (Å²) in [5, 5.41) is 3.23. The first-order valence-corrected chi connectivity index (χ1v) is 9.70. The number of carbonyl (C=O) groups excluding carboxylic acids is 1. The lowest BCUT2D eigenvalue weighted by Crippen LogP contribution is -2.40. The highest BCUT2D eigenvalue weighted by molar-refractivity contribution is 5.85. The standard InChI is InChI=1S/C20H30N2O2.ClH/c1-13-11-15(13)18-3-4-19(24-18)16-12-17(16)20(23)22-9-6-14(7-10-22)5-8-21-2;/h3-4,13-17,21H,5-12H2,1-2H3;1H. The van der Waals surface area contributed by atoms with Gasteiger partial charge in [-0.2, -0.15) is 0 Å². The molecule has 0 aromatic carbocycles. The molecule has 4 atom stereocenters. The predicted octanol–water partition coefficient (Wildman–Crippen LogP) is 3.78. The third-order valence-electron chi connectivity index (χ3n) is 6.32. The minimum atomic E-state index is 0. The maximum absolute atomic E-state index is 12.7. The molecule has 2 aliphatic carbocycles. The Balaban J connectivity index is 0.00000182. The van der Waals surface area contributed by atoms with Crippen molar-refractivity contribution in [1.82, 2.24) is 10.2 Å². The number of halogens is 1. The number of carbonyl (C=O) groups is 1. The van der Waals surface area contributed by atoms with E-state index in [9.17, 15) is 4.79 Å². The normalized spacial score (nSPS) is 31.5. The van der Waals surface area contributed by atoms with Gasteiger partial charge in [0.15, 0.2) is 0 Å². The zero-order valence-corrected chi connectivity index (χ0v) is 16.2. The first-order chi connectivity index (χ1) is 11.7. The van der Waals surface area contributed by atoms with Gasteiger partial charge < -0.3 is 14.6 Å². The molecular formula is C20H31ClN2O2. The maximum atomic E-state index is 12.7. The Kier molecular flexibility index (Phi) is 5.79. The Labute approximate surface area is 157 Å². The van der Waals surface area contributed by atoms with Gasteiger partial charge in [0.25, 0.3) is 0 Å². The number of amides is 1. The van der Waals surface area contributed by atoms with Crippen molar-refractivity contribution >= 4 is 18.3 Å². The number of rotatable bonds is 6. The fourth-order valence-corrected chi connectivity index (χ4v) is 4.29. The van der Waals surface area contributed by atoms with Crippen LogP contribution in [0.2, 0.25) is 0 Å². The molecule has 25 heavy (non-hydrogen) atoms. The Bertz CT molecular complexity index is 594. The summed E-state index contributed by atoms with van der Waals surface area (Å²) in [5.41, 5.74) is 0. The second kappa shape index (κ2) is 7.71. The van der Waals surface area contributed by atoms with Gasteiger partial charge in [-0.05, 0) is 69.7 Å². The molecule has 3 aliphatic rings. The van der Waals surface area contributed by atoms with E-state index in [2.05, 4.69) is 29.3 Å². The number of nitrogens with one attached hydrogen (secondary N) is 1. The van der Waals surface area contributed by atoms with Crippen LogP contribution in [-0.4, -0.2) is 37.5 Å². The summed E-state index contributed by atoms with van der Waals surface area (Å²) < 4.78 is 6.05. The number of hydrogen-bond acceptors (Lipinski definition) is 3. The quantitative estimate of drug-likeness (QED) is 0.833. The van der Waals surface area contributed by atoms with Crippen molar-refractivity contribution in [1.29, 1.82) is 0 Å². The van der Waals surface area contributed by atoms with Crippen LogP contribution in [0.5, 0.6) is 0 Å². The molecule has 2 saturated carbocycles. The van der Waals surface area contributed by atoms with Gasteiger partial charge >= 0.3 is 0 Å². The van der Waals surface area contributed by atoms with Crippen LogP contribution in [-0.2, 0) is 4.79 Å². The minimum Gasteiger partial charge on any atom is -0.465 e. The van der Waals surface area contributed by atoms with E-state index < -0.39 is 0 Å². The first kappa shape index (κ1) is 18.8. The fourth-order valence-electron chi connectivity index (χ4n) is 4.29. The Morgan fingerprint density at radius 1 is 1.20 bits per heavy atom. The SMILES string of the molecule is CNCCC1CCN(C(=O)C2CC2c2ccc(C3CC3C)o2)CC1.Cl. The van der Waals surface area contributed by atoms with Gasteiger partial charge in [-0.25, -0.2) is 0 Å². The molecule has 0 bridgehead atoms. The van der Waals surface area contributed by atoms with Gasteiger partial charge in [-0.1, -0.05) is 6.92 Å². The van der Waals surface area contributed by atoms with Gasteiger partial charge in [-0.3, -0.25) is 4.79 Å². The van der Waals surface area contributed by atoms with Gasteiger partial charge in [-0.15, -0.1) is 12.4 Å². The first-order valence-electron chi connectivity index (χ1n) is 9.70.